The number of guanidine groups is 1. The van der Waals surface area contributed by atoms with Crippen molar-refractivity contribution in [3.63, 3.8) is 0 Å². The number of amides is 2. The van der Waals surface area contributed by atoms with Crippen LogP contribution < -0.4 is 15.2 Å². The maximum absolute atomic E-state index is 13.5. The number of hydrogen-bond donors (Lipinski definition) is 1. The number of aliphatic imine (C=N–C) groups is 1. The molecule has 0 unspecified atom stereocenters. The fourth-order valence-corrected chi connectivity index (χ4v) is 4.93. The van der Waals surface area contributed by atoms with Gasteiger partial charge in [0.05, 0.1) is 0 Å². The highest BCUT2D eigenvalue weighted by Crippen LogP contribution is 2.36. The number of carbonyl (C=O) groups excluding carboxylic acids is 2. The van der Waals surface area contributed by atoms with E-state index in [0.717, 1.165) is 38.5 Å². The van der Waals surface area contributed by atoms with Crippen LogP contribution in [0.5, 0.6) is 11.5 Å². The molecule has 32 heavy (non-hydrogen) atoms. The number of ether oxygens (including phenoxy) is 2. The van der Waals surface area contributed by atoms with Crippen molar-refractivity contribution in [1.29, 1.82) is 0 Å². The maximum Gasteiger partial charge on any atom is 0.257 e. The van der Waals surface area contributed by atoms with Crippen LogP contribution in [-0.4, -0.2) is 59.0 Å². The molecular formula is C24H34N4O4. The Labute approximate surface area is 189 Å². The van der Waals surface area contributed by atoms with Crippen molar-refractivity contribution in [2.75, 3.05) is 19.9 Å². The molecule has 0 spiro atoms. The Kier molecular flexibility index (Phi) is 6.58. The second-order valence-electron chi connectivity index (χ2n) is 8.98. The van der Waals surface area contributed by atoms with Gasteiger partial charge in [0.25, 0.3) is 11.8 Å². The minimum atomic E-state index is -0.699. The van der Waals surface area contributed by atoms with E-state index in [4.69, 9.17) is 20.2 Å². The molecule has 0 radical (unpaired) electrons. The molecule has 8 nitrogen and oxygen atoms in total. The van der Waals surface area contributed by atoms with E-state index in [1.165, 1.54) is 0 Å². The van der Waals surface area contributed by atoms with E-state index in [-0.39, 0.29) is 24.6 Å². The van der Waals surface area contributed by atoms with E-state index in [1.54, 1.807) is 23.1 Å². The van der Waals surface area contributed by atoms with Crippen LogP contribution in [0.4, 0.5) is 0 Å². The van der Waals surface area contributed by atoms with Crippen molar-refractivity contribution in [3.05, 3.63) is 23.8 Å². The van der Waals surface area contributed by atoms with Gasteiger partial charge in [-0.15, -0.1) is 0 Å². The van der Waals surface area contributed by atoms with E-state index in [9.17, 15) is 9.59 Å². The SMILES string of the molecule is CCCCC1(CCCC)N=C(N)N(C2CCN(C(=O)c3ccc4c(c3)OCO4)CC2)C1=O. The Morgan fingerprint density at radius 2 is 1.78 bits per heavy atom. The number of rotatable bonds is 8. The largest absolute Gasteiger partial charge is 0.454 e. The Morgan fingerprint density at radius 1 is 1.12 bits per heavy atom. The van der Waals surface area contributed by atoms with Crippen LogP contribution in [0.15, 0.2) is 23.2 Å². The van der Waals surface area contributed by atoms with Crippen molar-refractivity contribution in [3.8, 4) is 11.5 Å². The predicted octanol–water partition coefficient (Wildman–Crippen LogP) is 3.30. The van der Waals surface area contributed by atoms with Crippen molar-refractivity contribution >= 4 is 17.8 Å². The standard InChI is InChI=1S/C24H34N4O4/c1-3-5-11-24(12-6-4-2)22(30)28(23(25)26-24)18-9-13-27(14-10-18)21(29)17-7-8-19-20(15-17)32-16-31-19/h7-8,15,18H,3-6,9-14,16H2,1-2H3,(H2,25,26). The van der Waals surface area contributed by atoms with Crippen molar-refractivity contribution in [2.24, 2.45) is 10.7 Å². The third-order valence-corrected chi connectivity index (χ3v) is 6.82. The van der Waals surface area contributed by atoms with Crippen LogP contribution in [0.2, 0.25) is 0 Å². The Bertz CT molecular complexity index is 884. The third kappa shape index (κ3) is 4.14. The molecule has 1 saturated heterocycles. The molecule has 3 aliphatic rings. The summed E-state index contributed by atoms with van der Waals surface area (Å²) in [7, 11) is 0. The number of likely N-dealkylation sites (tertiary alicyclic amines) is 1. The molecule has 1 fully saturated rings. The first-order chi connectivity index (χ1) is 15.5. The number of carbonyl (C=O) groups is 2. The van der Waals surface area contributed by atoms with Crippen molar-refractivity contribution < 1.29 is 19.1 Å². The number of nitrogens with two attached hydrogens (primary N) is 1. The average Bonchev–Trinajstić information content (AvgIpc) is 3.37. The van der Waals surface area contributed by atoms with Crippen LogP contribution in [0.3, 0.4) is 0 Å². The van der Waals surface area contributed by atoms with Crippen LogP contribution >= 0.6 is 0 Å². The lowest BCUT2D eigenvalue weighted by Gasteiger charge is -2.37. The van der Waals surface area contributed by atoms with Gasteiger partial charge in [0.15, 0.2) is 17.5 Å². The Morgan fingerprint density at radius 3 is 2.44 bits per heavy atom. The molecule has 0 bridgehead atoms. The molecule has 0 atom stereocenters. The molecule has 0 aromatic heterocycles. The molecule has 174 valence electrons. The monoisotopic (exact) mass is 442 g/mol. The molecule has 8 heteroatoms. The molecule has 3 heterocycles. The lowest BCUT2D eigenvalue weighted by atomic mass is 9.86. The summed E-state index contributed by atoms with van der Waals surface area (Å²) >= 11 is 0. The van der Waals surface area contributed by atoms with Gasteiger partial charge in [-0.05, 0) is 43.9 Å². The summed E-state index contributed by atoms with van der Waals surface area (Å²) < 4.78 is 10.7. The highest BCUT2D eigenvalue weighted by Gasteiger charge is 2.49. The Balaban J connectivity index is 1.41. The lowest BCUT2D eigenvalue weighted by Crippen LogP contribution is -2.53. The summed E-state index contributed by atoms with van der Waals surface area (Å²) in [6, 6.07) is 5.26. The zero-order valence-corrected chi connectivity index (χ0v) is 19.1. The van der Waals surface area contributed by atoms with E-state index >= 15 is 0 Å². The lowest BCUT2D eigenvalue weighted by molar-refractivity contribution is -0.134. The van der Waals surface area contributed by atoms with Gasteiger partial charge in [0.2, 0.25) is 6.79 Å². The summed E-state index contributed by atoms with van der Waals surface area (Å²) in [4.78, 5) is 34.8. The number of nitrogens with zero attached hydrogens (tertiary/aromatic N) is 3. The van der Waals surface area contributed by atoms with Gasteiger partial charge in [-0.3, -0.25) is 14.5 Å². The summed E-state index contributed by atoms with van der Waals surface area (Å²) in [6.45, 7) is 5.59. The van der Waals surface area contributed by atoms with Crippen LogP contribution in [0, 0.1) is 0 Å². The quantitative estimate of drug-likeness (QED) is 0.666. The van der Waals surface area contributed by atoms with E-state index in [1.807, 2.05) is 4.90 Å². The van der Waals surface area contributed by atoms with Crippen LogP contribution in [-0.2, 0) is 4.79 Å². The Hall–Kier alpha value is -2.77. The fourth-order valence-electron chi connectivity index (χ4n) is 4.93. The number of benzene rings is 1. The third-order valence-electron chi connectivity index (χ3n) is 6.82. The maximum atomic E-state index is 13.5. The van der Waals surface area contributed by atoms with Gasteiger partial charge in [-0.1, -0.05) is 39.5 Å². The molecule has 0 aliphatic carbocycles. The minimum Gasteiger partial charge on any atom is -0.454 e. The first-order valence-electron chi connectivity index (χ1n) is 11.9. The number of unbranched alkanes of at least 4 members (excludes halogenated alkanes) is 2. The van der Waals surface area contributed by atoms with Crippen molar-refractivity contribution in [1.82, 2.24) is 9.80 Å². The predicted molar refractivity (Wildman–Crippen MR) is 122 cm³/mol. The van der Waals surface area contributed by atoms with Gasteiger partial charge in [-0.2, -0.15) is 0 Å². The minimum absolute atomic E-state index is 0.0165. The fraction of sp³-hybridized carbons (Fsp3) is 0.625. The smallest absolute Gasteiger partial charge is 0.257 e. The van der Waals surface area contributed by atoms with Gasteiger partial charge in [0, 0.05) is 24.7 Å². The molecule has 3 aliphatic heterocycles. The zero-order chi connectivity index (χ0) is 22.7. The summed E-state index contributed by atoms with van der Waals surface area (Å²) in [5, 5.41) is 0. The number of piperidine rings is 1. The van der Waals surface area contributed by atoms with Gasteiger partial charge in [-0.25, -0.2) is 4.99 Å². The second-order valence-corrected chi connectivity index (χ2v) is 8.98. The average molecular weight is 443 g/mol. The van der Waals surface area contributed by atoms with E-state index < -0.39 is 5.54 Å². The highest BCUT2D eigenvalue weighted by molar-refractivity contribution is 6.07. The molecule has 0 saturated carbocycles. The summed E-state index contributed by atoms with van der Waals surface area (Å²) in [6.07, 6.45) is 6.85. The van der Waals surface area contributed by atoms with E-state index in [0.29, 0.717) is 49.0 Å². The molecule has 2 N–H and O–H groups in total. The second kappa shape index (κ2) is 9.38. The normalized spacial score (nSPS) is 20.1. The van der Waals surface area contributed by atoms with Crippen LogP contribution in [0.1, 0.15) is 75.6 Å². The van der Waals surface area contributed by atoms with Gasteiger partial charge < -0.3 is 20.1 Å². The van der Waals surface area contributed by atoms with Gasteiger partial charge in [0.1, 0.15) is 5.54 Å². The molecule has 1 aromatic rings. The topological polar surface area (TPSA) is 97.5 Å². The highest BCUT2D eigenvalue weighted by atomic mass is 16.7. The first-order valence-corrected chi connectivity index (χ1v) is 11.9. The van der Waals surface area contributed by atoms with Crippen LogP contribution in [0.25, 0.3) is 0 Å². The summed E-state index contributed by atoms with van der Waals surface area (Å²) in [5.41, 5.74) is 6.19. The van der Waals surface area contributed by atoms with Crippen molar-refractivity contribution in [2.45, 2.75) is 76.8 Å². The first kappa shape index (κ1) is 22.4. The molecule has 1 aromatic carbocycles. The molecule has 4 rings (SSSR count). The van der Waals surface area contributed by atoms with E-state index in [2.05, 4.69) is 13.8 Å². The summed E-state index contributed by atoms with van der Waals surface area (Å²) in [5.74, 6) is 1.64. The number of hydrogen-bond acceptors (Lipinski definition) is 6. The van der Waals surface area contributed by atoms with Gasteiger partial charge >= 0.3 is 0 Å². The number of fused-ring (bicyclic) bond motifs is 1. The molecular weight excluding hydrogens is 408 g/mol. The molecule has 2 amide bonds. The zero-order valence-electron chi connectivity index (χ0n) is 19.1.